The van der Waals surface area contributed by atoms with E-state index in [1.165, 1.54) is 15.6 Å². The molecule has 3 rings (SSSR count). The predicted octanol–water partition coefficient (Wildman–Crippen LogP) is 3.35. The van der Waals surface area contributed by atoms with E-state index in [0.717, 1.165) is 17.2 Å². The van der Waals surface area contributed by atoms with E-state index >= 15 is 0 Å². The number of hydrogen-bond acceptors (Lipinski definition) is 3. The first-order chi connectivity index (χ1) is 13.3. The van der Waals surface area contributed by atoms with Gasteiger partial charge in [0.2, 0.25) is 0 Å². The van der Waals surface area contributed by atoms with E-state index in [-0.39, 0.29) is 25.5 Å². The molecule has 2 N–H and O–H groups in total. The second-order valence-corrected chi connectivity index (χ2v) is 12.6. The minimum atomic E-state index is -2.53. The van der Waals surface area contributed by atoms with Crippen LogP contribution in [-0.2, 0) is 20.4 Å². The Morgan fingerprint density at radius 1 is 0.828 bits per heavy atom. The predicted molar refractivity (Wildman–Crippen MR) is 120 cm³/mol. The van der Waals surface area contributed by atoms with Gasteiger partial charge in [-0.3, -0.25) is 0 Å². The van der Waals surface area contributed by atoms with Crippen LogP contribution in [0.4, 0.5) is 5.69 Å². The van der Waals surface area contributed by atoms with Crippen molar-refractivity contribution in [1.29, 1.82) is 0 Å². The van der Waals surface area contributed by atoms with Crippen molar-refractivity contribution in [1.82, 2.24) is 0 Å². The summed E-state index contributed by atoms with van der Waals surface area (Å²) in [5, 5.41) is 3.61. The number of methoxy groups -OCH3 is 2. The molecule has 5 heteroatoms. The van der Waals surface area contributed by atoms with Crippen LogP contribution >= 0.6 is 0 Å². The molecule has 3 aromatic carbocycles. The van der Waals surface area contributed by atoms with Crippen LogP contribution < -0.4 is 30.8 Å². The van der Waals surface area contributed by atoms with Crippen LogP contribution in [0, 0.1) is 6.07 Å². The summed E-state index contributed by atoms with van der Waals surface area (Å²) in [6.45, 7) is 6.90. The third-order valence-electron chi connectivity index (χ3n) is 5.44. The summed E-state index contributed by atoms with van der Waals surface area (Å²) >= 11 is 0. The summed E-state index contributed by atoms with van der Waals surface area (Å²) in [4.78, 5) is 0. The van der Waals surface area contributed by atoms with Gasteiger partial charge in [0.25, 0.3) is 0 Å². The first-order valence-electron chi connectivity index (χ1n) is 9.40. The molecule has 0 aromatic heterocycles. The maximum absolute atomic E-state index is 6.56. The zero-order valence-electron chi connectivity index (χ0n) is 17.6. The molecule has 0 amide bonds. The average molecular weight is 497 g/mol. The molecule has 0 heterocycles. The molecule has 0 radical (unpaired) electrons. The van der Waals surface area contributed by atoms with Gasteiger partial charge in [0.15, 0.2) is 0 Å². The molecule has 0 aliphatic heterocycles. The van der Waals surface area contributed by atoms with Crippen molar-refractivity contribution in [2.75, 3.05) is 20.0 Å². The zero-order valence-corrected chi connectivity index (χ0v) is 20.1. The van der Waals surface area contributed by atoms with Crippen molar-refractivity contribution >= 4 is 29.3 Å². The molecule has 0 spiro atoms. The molecule has 0 bridgehead atoms. The number of anilines is 1. The van der Waals surface area contributed by atoms with Gasteiger partial charge in [0, 0.05) is 31.9 Å². The molecule has 0 aliphatic carbocycles. The number of benzene rings is 3. The van der Waals surface area contributed by atoms with Gasteiger partial charge in [-0.1, -0.05) is 56.3 Å². The van der Waals surface area contributed by atoms with E-state index in [1.54, 1.807) is 14.2 Å². The Balaban J connectivity index is 0.00000300. The Kier molecular flexibility index (Phi) is 7.34. The molecule has 0 unspecified atom stereocenters. The van der Waals surface area contributed by atoms with Gasteiger partial charge < -0.3 is 15.2 Å². The van der Waals surface area contributed by atoms with Crippen LogP contribution in [0.2, 0.25) is 5.04 Å². The van der Waals surface area contributed by atoms with E-state index in [4.69, 9.17) is 15.2 Å². The number of nitrogens with two attached hydrogens (primary N) is 1. The van der Waals surface area contributed by atoms with Crippen LogP contribution in [0.1, 0.15) is 20.8 Å². The topological polar surface area (TPSA) is 44.5 Å². The van der Waals surface area contributed by atoms with Crippen LogP contribution in [0.3, 0.4) is 0 Å². The number of hydrogen-bond donors (Lipinski definition) is 1. The van der Waals surface area contributed by atoms with Crippen molar-refractivity contribution in [2.45, 2.75) is 25.8 Å². The van der Waals surface area contributed by atoms with Gasteiger partial charge in [-0.15, -0.1) is 12.1 Å². The number of ether oxygens (including phenoxy) is 2. The van der Waals surface area contributed by atoms with Crippen molar-refractivity contribution < 1.29 is 29.9 Å². The smallest absolute Gasteiger partial charge is 0.132 e. The number of para-hydroxylation sites is 1. The van der Waals surface area contributed by atoms with Gasteiger partial charge in [-0.25, -0.2) is 0 Å². The number of rotatable bonds is 5. The van der Waals surface area contributed by atoms with Crippen LogP contribution in [-0.4, -0.2) is 22.3 Å². The van der Waals surface area contributed by atoms with Gasteiger partial charge in [-0.2, -0.15) is 17.3 Å². The van der Waals surface area contributed by atoms with Gasteiger partial charge in [-0.05, 0) is 28.4 Å². The normalized spacial score (nSPS) is 13.1. The fourth-order valence-corrected chi connectivity index (χ4v) is 9.69. The Labute approximate surface area is 188 Å². The van der Waals surface area contributed by atoms with E-state index in [9.17, 15) is 0 Å². The second kappa shape index (κ2) is 9.17. The zero-order chi connectivity index (χ0) is 20.4. The summed E-state index contributed by atoms with van der Waals surface area (Å²) in [6, 6.07) is 26.3. The summed E-state index contributed by atoms with van der Waals surface area (Å²) in [7, 11) is 0.834. The molecule has 156 valence electrons. The SMILES string of the molecule is COc1c[c-]c([Si@@](c2ccc(OC)cc2)(c2ccccc2N)C(C)(C)C)cc1.[Pd]. The first kappa shape index (κ1) is 23.2. The molecular formula is C24H28NO2PdSi-. The maximum Gasteiger partial charge on any atom is 0.132 e. The molecule has 29 heavy (non-hydrogen) atoms. The summed E-state index contributed by atoms with van der Waals surface area (Å²) in [5.41, 5.74) is 7.38. The monoisotopic (exact) mass is 496 g/mol. The quantitative estimate of drug-likeness (QED) is 0.255. The third-order valence-corrected chi connectivity index (χ3v) is 11.3. The molecular weight excluding hydrogens is 469 g/mol. The molecule has 0 saturated heterocycles. The van der Waals surface area contributed by atoms with E-state index in [0.29, 0.717) is 0 Å². The van der Waals surface area contributed by atoms with E-state index in [1.807, 2.05) is 36.4 Å². The van der Waals surface area contributed by atoms with Crippen molar-refractivity contribution in [2.24, 2.45) is 0 Å². The second-order valence-electron chi connectivity index (χ2n) is 7.96. The maximum atomic E-state index is 6.56. The van der Waals surface area contributed by atoms with Crippen molar-refractivity contribution in [3.05, 3.63) is 72.8 Å². The molecule has 1 atom stereocenters. The van der Waals surface area contributed by atoms with Crippen LogP contribution in [0.25, 0.3) is 0 Å². The molecule has 0 fully saturated rings. The third kappa shape index (κ3) is 4.14. The molecule has 3 nitrogen and oxygen atoms in total. The number of nitrogen functional groups attached to an aromatic ring is 1. The summed E-state index contributed by atoms with van der Waals surface area (Å²) in [6.07, 6.45) is 0. The fourth-order valence-electron chi connectivity index (χ4n) is 4.15. The van der Waals surface area contributed by atoms with Gasteiger partial charge in [0.05, 0.1) is 14.2 Å². The van der Waals surface area contributed by atoms with Crippen LogP contribution in [0.5, 0.6) is 11.5 Å². The Morgan fingerprint density at radius 2 is 1.41 bits per heavy atom. The van der Waals surface area contributed by atoms with Crippen molar-refractivity contribution in [3.63, 3.8) is 0 Å². The van der Waals surface area contributed by atoms with E-state index < -0.39 is 8.07 Å². The fraction of sp³-hybridized carbons (Fsp3) is 0.250. The molecule has 3 aromatic rings. The summed E-state index contributed by atoms with van der Waals surface area (Å²) in [5.74, 6) is 1.65. The Hall–Kier alpha value is -2.06. The standard InChI is InChI=1S/C24H28NO2Si.Pd/c1-24(2,3)28(23-9-7-6-8-22(23)25,20-14-10-18(26-4)11-15-20)21-16-12-19(27-5)13-17-21;/h6-16H,25H2,1-5H3;/q-1;/t28-;/m0./s1. The van der Waals surface area contributed by atoms with Crippen molar-refractivity contribution in [3.8, 4) is 11.5 Å². The summed E-state index contributed by atoms with van der Waals surface area (Å²) < 4.78 is 10.8. The largest absolute Gasteiger partial charge is 0.554 e. The van der Waals surface area contributed by atoms with E-state index in [2.05, 4.69) is 57.2 Å². The van der Waals surface area contributed by atoms with Gasteiger partial charge in [0.1, 0.15) is 13.8 Å². The molecule has 0 saturated carbocycles. The molecule has 0 aliphatic rings. The Morgan fingerprint density at radius 3 is 1.90 bits per heavy atom. The minimum Gasteiger partial charge on any atom is -0.554 e. The average Bonchev–Trinajstić information content (AvgIpc) is 2.70. The minimum absolute atomic E-state index is 0. The van der Waals surface area contributed by atoms with Gasteiger partial charge >= 0.3 is 0 Å². The van der Waals surface area contributed by atoms with Crippen LogP contribution in [0.15, 0.2) is 66.7 Å². The first-order valence-corrected chi connectivity index (χ1v) is 11.4. The Bertz CT molecular complexity index is 887.